The SMILES string of the molecule is CCC1(C(=O)O)COC(C)(C)OC1.CCC1(C(=O)OCC(=O)OCc2ccccc2)COC(C)(C)OC1. The zero-order valence-electron chi connectivity index (χ0n) is 22.7. The van der Waals surface area contributed by atoms with Gasteiger partial charge in [-0.3, -0.25) is 9.59 Å². The molecular weight excluding hydrogens is 484 g/mol. The smallest absolute Gasteiger partial charge is 0.344 e. The Morgan fingerprint density at radius 1 is 0.784 bits per heavy atom. The lowest BCUT2D eigenvalue weighted by Crippen LogP contribution is -2.51. The Balaban J connectivity index is 0.000000312. The van der Waals surface area contributed by atoms with Crippen molar-refractivity contribution < 1.29 is 47.9 Å². The summed E-state index contributed by atoms with van der Waals surface area (Å²) in [5.74, 6) is -3.29. The largest absolute Gasteiger partial charge is 0.481 e. The van der Waals surface area contributed by atoms with Crippen molar-refractivity contribution in [2.45, 2.75) is 72.6 Å². The molecule has 1 aromatic rings. The molecule has 0 unspecified atom stereocenters. The van der Waals surface area contributed by atoms with E-state index in [4.69, 9.17) is 33.5 Å². The van der Waals surface area contributed by atoms with Crippen LogP contribution < -0.4 is 0 Å². The standard InChI is InChI=1S/C18H24O6.C9H16O4/c1-4-18(12-23-17(2,3)24-13-18)16(20)22-11-15(19)21-10-14-8-6-5-7-9-14;1-4-9(7(10)11)5-12-8(2,3)13-6-9/h5-9H,4,10-13H2,1-3H3;4-6H2,1-3H3,(H,10,11). The Hall–Kier alpha value is -2.53. The van der Waals surface area contributed by atoms with E-state index in [9.17, 15) is 14.4 Å². The van der Waals surface area contributed by atoms with Crippen LogP contribution in [0.2, 0.25) is 0 Å². The first-order chi connectivity index (χ1) is 17.3. The minimum absolute atomic E-state index is 0.149. The summed E-state index contributed by atoms with van der Waals surface area (Å²) in [7, 11) is 0. The molecule has 37 heavy (non-hydrogen) atoms. The van der Waals surface area contributed by atoms with Crippen LogP contribution in [-0.2, 0) is 49.4 Å². The minimum Gasteiger partial charge on any atom is -0.481 e. The van der Waals surface area contributed by atoms with E-state index in [2.05, 4.69) is 0 Å². The molecule has 0 aromatic heterocycles. The van der Waals surface area contributed by atoms with Gasteiger partial charge in [-0.15, -0.1) is 0 Å². The van der Waals surface area contributed by atoms with Gasteiger partial charge in [0.1, 0.15) is 17.4 Å². The van der Waals surface area contributed by atoms with Gasteiger partial charge in [0.05, 0.1) is 26.4 Å². The first-order valence-electron chi connectivity index (χ1n) is 12.4. The van der Waals surface area contributed by atoms with Crippen molar-refractivity contribution in [3.63, 3.8) is 0 Å². The van der Waals surface area contributed by atoms with Gasteiger partial charge in [-0.25, -0.2) is 4.79 Å². The Kier molecular flexibility index (Phi) is 10.6. The van der Waals surface area contributed by atoms with Gasteiger partial charge < -0.3 is 33.5 Å². The van der Waals surface area contributed by atoms with Crippen LogP contribution in [0.4, 0.5) is 0 Å². The van der Waals surface area contributed by atoms with Gasteiger partial charge in [0.25, 0.3) is 0 Å². The van der Waals surface area contributed by atoms with Gasteiger partial charge in [0.2, 0.25) is 0 Å². The van der Waals surface area contributed by atoms with Crippen molar-refractivity contribution in [3.8, 4) is 0 Å². The van der Waals surface area contributed by atoms with Crippen molar-refractivity contribution in [2.24, 2.45) is 10.8 Å². The molecule has 0 atom stereocenters. The lowest BCUT2D eigenvalue weighted by molar-refractivity contribution is -0.285. The van der Waals surface area contributed by atoms with E-state index < -0.39 is 46.9 Å². The van der Waals surface area contributed by atoms with Crippen molar-refractivity contribution in [3.05, 3.63) is 35.9 Å². The maximum atomic E-state index is 12.4. The van der Waals surface area contributed by atoms with Crippen LogP contribution in [0.15, 0.2) is 30.3 Å². The summed E-state index contributed by atoms with van der Waals surface area (Å²) < 4.78 is 32.0. The van der Waals surface area contributed by atoms with Crippen LogP contribution in [0, 0.1) is 10.8 Å². The summed E-state index contributed by atoms with van der Waals surface area (Å²) in [6, 6.07) is 9.30. The highest BCUT2D eigenvalue weighted by molar-refractivity contribution is 5.80. The molecule has 0 aliphatic carbocycles. The van der Waals surface area contributed by atoms with Gasteiger partial charge in [-0.1, -0.05) is 44.2 Å². The molecule has 208 valence electrons. The van der Waals surface area contributed by atoms with Gasteiger partial charge in [-0.2, -0.15) is 0 Å². The Morgan fingerprint density at radius 3 is 1.68 bits per heavy atom. The molecule has 2 aliphatic heterocycles. The van der Waals surface area contributed by atoms with Crippen LogP contribution in [0.5, 0.6) is 0 Å². The molecule has 1 N–H and O–H groups in total. The van der Waals surface area contributed by atoms with E-state index >= 15 is 0 Å². The molecule has 3 rings (SSSR count). The number of rotatable bonds is 8. The summed E-state index contributed by atoms with van der Waals surface area (Å²) in [6.45, 7) is 11.4. The molecule has 2 fully saturated rings. The Morgan fingerprint density at radius 2 is 1.24 bits per heavy atom. The van der Waals surface area contributed by atoms with Crippen LogP contribution in [-0.4, -0.2) is 67.6 Å². The number of aliphatic carboxylic acids is 1. The van der Waals surface area contributed by atoms with E-state index in [-0.39, 0.29) is 33.0 Å². The van der Waals surface area contributed by atoms with Crippen molar-refractivity contribution in [2.75, 3.05) is 33.0 Å². The average molecular weight is 525 g/mol. The molecule has 0 saturated carbocycles. The molecule has 0 amide bonds. The molecule has 1 aromatic carbocycles. The number of hydrogen-bond donors (Lipinski definition) is 1. The van der Waals surface area contributed by atoms with Gasteiger partial charge in [0.15, 0.2) is 18.2 Å². The Bertz CT molecular complexity index is 889. The fraction of sp³-hybridized carbons (Fsp3) is 0.667. The first-order valence-corrected chi connectivity index (χ1v) is 12.4. The van der Waals surface area contributed by atoms with Crippen LogP contribution in [0.25, 0.3) is 0 Å². The third kappa shape index (κ3) is 8.77. The highest BCUT2D eigenvalue weighted by Crippen LogP contribution is 2.34. The lowest BCUT2D eigenvalue weighted by Gasteiger charge is -2.41. The molecule has 10 heteroatoms. The van der Waals surface area contributed by atoms with Gasteiger partial charge in [0, 0.05) is 0 Å². The zero-order valence-corrected chi connectivity index (χ0v) is 22.7. The second kappa shape index (κ2) is 12.8. The molecule has 2 saturated heterocycles. The fourth-order valence-corrected chi connectivity index (χ4v) is 3.42. The molecule has 0 radical (unpaired) electrons. The Labute approximate surface area is 218 Å². The number of carbonyl (C=O) groups excluding carboxylic acids is 2. The van der Waals surface area contributed by atoms with Crippen LogP contribution >= 0.6 is 0 Å². The summed E-state index contributed by atoms with van der Waals surface area (Å²) in [5.41, 5.74) is -0.858. The third-order valence-electron chi connectivity index (χ3n) is 6.59. The number of carboxylic acid groups (broad SMARTS) is 1. The number of ether oxygens (including phenoxy) is 6. The van der Waals surface area contributed by atoms with E-state index in [1.54, 1.807) is 27.7 Å². The minimum atomic E-state index is -0.880. The second-order valence-electron chi connectivity index (χ2n) is 10.2. The van der Waals surface area contributed by atoms with Crippen molar-refractivity contribution in [1.29, 1.82) is 0 Å². The predicted octanol–water partition coefficient (Wildman–Crippen LogP) is 3.70. The summed E-state index contributed by atoms with van der Waals surface area (Å²) in [4.78, 5) is 35.0. The fourth-order valence-electron chi connectivity index (χ4n) is 3.42. The van der Waals surface area contributed by atoms with E-state index in [0.717, 1.165) is 5.56 Å². The lowest BCUT2D eigenvalue weighted by atomic mass is 9.86. The number of carboxylic acids is 1. The molecule has 10 nitrogen and oxygen atoms in total. The first kappa shape index (κ1) is 30.7. The number of benzene rings is 1. The number of hydrogen-bond acceptors (Lipinski definition) is 9. The summed E-state index contributed by atoms with van der Waals surface area (Å²) in [6.07, 6.45) is 1.03. The monoisotopic (exact) mass is 524 g/mol. The third-order valence-corrected chi connectivity index (χ3v) is 6.59. The predicted molar refractivity (Wildman–Crippen MR) is 132 cm³/mol. The zero-order chi connectivity index (χ0) is 27.7. The maximum absolute atomic E-state index is 12.4. The summed E-state index contributed by atoms with van der Waals surface area (Å²) >= 11 is 0. The van der Waals surface area contributed by atoms with E-state index in [1.807, 2.05) is 44.2 Å². The quantitative estimate of drug-likeness (QED) is 0.503. The molecular formula is C27H40O10. The van der Waals surface area contributed by atoms with E-state index in [0.29, 0.717) is 12.8 Å². The molecule has 2 aliphatic rings. The van der Waals surface area contributed by atoms with Crippen LogP contribution in [0.1, 0.15) is 59.9 Å². The molecule has 0 bridgehead atoms. The average Bonchev–Trinajstić information content (AvgIpc) is 2.87. The van der Waals surface area contributed by atoms with Crippen molar-refractivity contribution in [1.82, 2.24) is 0 Å². The van der Waals surface area contributed by atoms with Gasteiger partial charge in [-0.05, 0) is 46.1 Å². The maximum Gasteiger partial charge on any atom is 0.344 e. The van der Waals surface area contributed by atoms with Crippen LogP contribution in [0.3, 0.4) is 0 Å². The second-order valence-corrected chi connectivity index (χ2v) is 10.2. The summed E-state index contributed by atoms with van der Waals surface area (Å²) in [5, 5.41) is 9.00. The highest BCUT2D eigenvalue weighted by Gasteiger charge is 2.46. The van der Waals surface area contributed by atoms with Crippen molar-refractivity contribution >= 4 is 17.9 Å². The molecule has 0 spiro atoms. The number of carbonyl (C=O) groups is 3. The normalized spacial score (nSPS) is 21.0. The highest BCUT2D eigenvalue weighted by atomic mass is 16.7. The van der Waals surface area contributed by atoms with Gasteiger partial charge >= 0.3 is 17.9 Å². The molecule has 2 heterocycles. The van der Waals surface area contributed by atoms with E-state index in [1.165, 1.54) is 0 Å². The topological polar surface area (TPSA) is 127 Å². The number of esters is 2.